The predicted molar refractivity (Wildman–Crippen MR) is 73.2 cm³/mol. The molecule has 0 unspecified atom stereocenters. The van der Waals surface area contributed by atoms with Gasteiger partial charge in [0.15, 0.2) is 0 Å². The topological polar surface area (TPSA) is 59.1 Å². The van der Waals surface area contributed by atoms with Crippen molar-refractivity contribution in [1.82, 2.24) is 5.06 Å². The third-order valence-electron chi connectivity index (χ3n) is 3.43. The second kappa shape index (κ2) is 5.92. The van der Waals surface area contributed by atoms with Gasteiger partial charge in [-0.15, -0.1) is 0 Å². The highest BCUT2D eigenvalue weighted by molar-refractivity contribution is 6.01. The van der Waals surface area contributed by atoms with E-state index in [-0.39, 0.29) is 18.2 Å². The van der Waals surface area contributed by atoms with Crippen LogP contribution in [0.5, 0.6) is 5.75 Å². The number of hydrogen-bond donors (Lipinski definition) is 0. The average Bonchev–Trinajstić information content (AvgIpc) is 2.87. The molecule has 1 aliphatic heterocycles. The summed E-state index contributed by atoms with van der Waals surface area (Å²) in [6.45, 7) is 0.339. The van der Waals surface area contributed by atoms with Crippen molar-refractivity contribution >= 4 is 17.5 Å². The molecule has 2 rings (SSSR count). The molecule has 0 spiro atoms. The SMILES string of the molecule is COc1ccccc1N1C[C@H](C(=O)N(C)OC)CC1=O. The summed E-state index contributed by atoms with van der Waals surface area (Å²) < 4.78 is 5.26. The van der Waals surface area contributed by atoms with Crippen molar-refractivity contribution in [3.8, 4) is 5.75 Å². The van der Waals surface area contributed by atoms with Crippen molar-refractivity contribution in [2.24, 2.45) is 5.92 Å². The third kappa shape index (κ3) is 2.60. The molecule has 2 amide bonds. The Morgan fingerprint density at radius 2 is 2.05 bits per heavy atom. The molecule has 1 aliphatic rings. The number of ether oxygens (including phenoxy) is 1. The summed E-state index contributed by atoms with van der Waals surface area (Å²) >= 11 is 0. The highest BCUT2D eigenvalue weighted by Gasteiger charge is 2.37. The number of rotatable bonds is 4. The zero-order chi connectivity index (χ0) is 14.7. The molecule has 0 N–H and O–H groups in total. The summed E-state index contributed by atoms with van der Waals surface area (Å²) in [5.41, 5.74) is 0.690. The Morgan fingerprint density at radius 3 is 2.70 bits per heavy atom. The van der Waals surface area contributed by atoms with Crippen LogP contribution < -0.4 is 9.64 Å². The Kier molecular flexibility index (Phi) is 4.24. The minimum atomic E-state index is -0.391. The van der Waals surface area contributed by atoms with Gasteiger partial charge in [-0.05, 0) is 12.1 Å². The predicted octanol–water partition coefficient (Wildman–Crippen LogP) is 1.07. The molecule has 1 aromatic carbocycles. The highest BCUT2D eigenvalue weighted by Crippen LogP contribution is 2.33. The lowest BCUT2D eigenvalue weighted by Crippen LogP contribution is -2.34. The van der Waals surface area contributed by atoms with Crippen LogP contribution in [0.4, 0.5) is 5.69 Å². The van der Waals surface area contributed by atoms with E-state index in [9.17, 15) is 9.59 Å². The Morgan fingerprint density at radius 1 is 1.35 bits per heavy atom. The number of methoxy groups -OCH3 is 1. The molecule has 1 saturated heterocycles. The van der Waals surface area contributed by atoms with E-state index >= 15 is 0 Å². The number of para-hydroxylation sites is 2. The standard InChI is InChI=1S/C14H18N2O4/c1-15(20-3)14(18)10-8-13(17)16(9-10)11-6-4-5-7-12(11)19-2/h4-7,10H,8-9H2,1-3H3/t10-/m1/s1. The first-order chi connectivity index (χ1) is 9.58. The number of nitrogens with zero attached hydrogens (tertiary/aromatic N) is 2. The van der Waals surface area contributed by atoms with Crippen LogP contribution in [-0.2, 0) is 14.4 Å². The molecule has 0 aromatic heterocycles. The van der Waals surface area contributed by atoms with Gasteiger partial charge in [0.05, 0.1) is 25.8 Å². The molecular formula is C14H18N2O4. The van der Waals surface area contributed by atoms with E-state index in [1.807, 2.05) is 18.2 Å². The summed E-state index contributed by atoms with van der Waals surface area (Å²) in [5, 5.41) is 1.16. The molecule has 1 aromatic rings. The van der Waals surface area contributed by atoms with E-state index < -0.39 is 5.92 Å². The van der Waals surface area contributed by atoms with Crippen LogP contribution in [0.1, 0.15) is 6.42 Å². The lowest BCUT2D eigenvalue weighted by molar-refractivity contribution is -0.172. The van der Waals surface area contributed by atoms with E-state index in [0.717, 1.165) is 5.06 Å². The van der Waals surface area contributed by atoms with Gasteiger partial charge in [-0.25, -0.2) is 5.06 Å². The van der Waals surface area contributed by atoms with Crippen LogP contribution in [0.3, 0.4) is 0 Å². The zero-order valence-corrected chi connectivity index (χ0v) is 11.8. The molecule has 1 fully saturated rings. The van der Waals surface area contributed by atoms with Crippen LogP contribution in [0.25, 0.3) is 0 Å². The summed E-state index contributed by atoms with van der Waals surface area (Å²) in [6.07, 6.45) is 0.185. The Labute approximate surface area is 117 Å². The quantitative estimate of drug-likeness (QED) is 0.773. The number of hydrogen-bond acceptors (Lipinski definition) is 4. The van der Waals surface area contributed by atoms with Crippen molar-refractivity contribution in [1.29, 1.82) is 0 Å². The fourth-order valence-electron chi connectivity index (χ4n) is 2.31. The molecular weight excluding hydrogens is 260 g/mol. The van der Waals surface area contributed by atoms with Crippen molar-refractivity contribution in [2.45, 2.75) is 6.42 Å². The maximum Gasteiger partial charge on any atom is 0.251 e. The molecule has 0 bridgehead atoms. The Hall–Kier alpha value is -2.08. The minimum Gasteiger partial charge on any atom is -0.495 e. The van der Waals surface area contributed by atoms with Gasteiger partial charge in [0, 0.05) is 20.0 Å². The molecule has 6 nitrogen and oxygen atoms in total. The second-order valence-corrected chi connectivity index (χ2v) is 4.60. The molecule has 0 saturated carbocycles. The largest absolute Gasteiger partial charge is 0.495 e. The molecule has 1 heterocycles. The number of benzene rings is 1. The fraction of sp³-hybridized carbons (Fsp3) is 0.429. The summed E-state index contributed by atoms with van der Waals surface area (Å²) in [5.74, 6) is -0.0537. The maximum absolute atomic E-state index is 12.1. The smallest absolute Gasteiger partial charge is 0.251 e. The second-order valence-electron chi connectivity index (χ2n) is 4.60. The molecule has 1 atom stereocenters. The minimum absolute atomic E-state index is 0.0858. The first kappa shape index (κ1) is 14.3. The van der Waals surface area contributed by atoms with Gasteiger partial charge in [0.1, 0.15) is 5.75 Å². The monoisotopic (exact) mass is 278 g/mol. The van der Waals surface area contributed by atoms with E-state index in [4.69, 9.17) is 9.57 Å². The lowest BCUT2D eigenvalue weighted by atomic mass is 10.1. The third-order valence-corrected chi connectivity index (χ3v) is 3.43. The first-order valence-electron chi connectivity index (χ1n) is 6.33. The van der Waals surface area contributed by atoms with Crippen LogP contribution >= 0.6 is 0 Å². The molecule has 0 radical (unpaired) electrons. The van der Waals surface area contributed by atoms with Gasteiger partial charge < -0.3 is 9.64 Å². The Balaban J connectivity index is 2.19. The van der Waals surface area contributed by atoms with Crippen molar-refractivity contribution < 1.29 is 19.2 Å². The summed E-state index contributed by atoms with van der Waals surface area (Å²) in [4.78, 5) is 30.6. The zero-order valence-electron chi connectivity index (χ0n) is 11.8. The van der Waals surface area contributed by atoms with Crippen LogP contribution in [-0.4, -0.2) is 44.7 Å². The van der Waals surface area contributed by atoms with Gasteiger partial charge in [-0.2, -0.15) is 0 Å². The van der Waals surface area contributed by atoms with Crippen LogP contribution in [0.15, 0.2) is 24.3 Å². The molecule has 20 heavy (non-hydrogen) atoms. The normalized spacial score (nSPS) is 18.2. The van der Waals surface area contributed by atoms with Gasteiger partial charge in [-0.3, -0.25) is 14.4 Å². The van der Waals surface area contributed by atoms with Crippen molar-refractivity contribution in [3.63, 3.8) is 0 Å². The fourth-order valence-corrected chi connectivity index (χ4v) is 2.31. The summed E-state index contributed by atoms with van der Waals surface area (Å²) in [7, 11) is 4.52. The van der Waals surface area contributed by atoms with Crippen molar-refractivity contribution in [2.75, 3.05) is 32.7 Å². The van der Waals surface area contributed by atoms with E-state index in [2.05, 4.69) is 0 Å². The van der Waals surface area contributed by atoms with Gasteiger partial charge in [-0.1, -0.05) is 12.1 Å². The average molecular weight is 278 g/mol. The number of anilines is 1. The Bertz CT molecular complexity index is 518. The van der Waals surface area contributed by atoms with E-state index in [1.54, 1.807) is 25.1 Å². The number of carbonyl (C=O) groups is 2. The number of hydroxylamine groups is 2. The van der Waals surface area contributed by atoms with E-state index in [1.165, 1.54) is 7.11 Å². The maximum atomic E-state index is 12.1. The lowest BCUT2D eigenvalue weighted by Gasteiger charge is -2.20. The van der Waals surface area contributed by atoms with Gasteiger partial charge in [0.2, 0.25) is 5.91 Å². The van der Waals surface area contributed by atoms with E-state index in [0.29, 0.717) is 18.0 Å². The number of amides is 2. The summed E-state index contributed by atoms with van der Waals surface area (Å²) in [6, 6.07) is 7.27. The highest BCUT2D eigenvalue weighted by atomic mass is 16.7. The van der Waals surface area contributed by atoms with Gasteiger partial charge >= 0.3 is 0 Å². The van der Waals surface area contributed by atoms with Gasteiger partial charge in [0.25, 0.3) is 5.91 Å². The van der Waals surface area contributed by atoms with Crippen LogP contribution in [0, 0.1) is 5.92 Å². The molecule has 0 aliphatic carbocycles. The molecule has 6 heteroatoms. The van der Waals surface area contributed by atoms with Crippen LogP contribution in [0.2, 0.25) is 0 Å². The molecule has 108 valence electrons. The first-order valence-corrected chi connectivity index (χ1v) is 6.33. The number of carbonyl (C=O) groups excluding carboxylic acids is 2. The van der Waals surface area contributed by atoms with Crippen molar-refractivity contribution in [3.05, 3.63) is 24.3 Å².